The van der Waals surface area contributed by atoms with Crippen LogP contribution >= 0.6 is 0 Å². The number of hydrogen-bond acceptors (Lipinski definition) is 1. The zero-order valence-corrected chi connectivity index (χ0v) is 9.15. The fraction of sp³-hybridized carbons (Fsp3) is 0.357. The van der Waals surface area contributed by atoms with E-state index in [-0.39, 0.29) is 11.3 Å². The van der Waals surface area contributed by atoms with Gasteiger partial charge >= 0.3 is 0 Å². The molecule has 16 heavy (non-hydrogen) atoms. The SMILES string of the molecule is NC(=O)C12CCC(C=C1c1ccccc1)C2. The van der Waals surface area contributed by atoms with Gasteiger partial charge in [0, 0.05) is 0 Å². The summed E-state index contributed by atoms with van der Waals surface area (Å²) in [6, 6.07) is 10.1. The molecule has 1 aromatic rings. The van der Waals surface area contributed by atoms with Crippen molar-refractivity contribution >= 4 is 11.5 Å². The molecule has 2 nitrogen and oxygen atoms in total. The van der Waals surface area contributed by atoms with E-state index >= 15 is 0 Å². The molecule has 2 aliphatic carbocycles. The highest BCUT2D eigenvalue weighted by molar-refractivity contribution is 5.97. The molecule has 3 rings (SSSR count). The number of nitrogens with two attached hydrogens (primary N) is 1. The third-order valence-electron chi connectivity index (χ3n) is 4.03. The Morgan fingerprint density at radius 3 is 2.69 bits per heavy atom. The molecule has 0 heterocycles. The van der Waals surface area contributed by atoms with Crippen LogP contribution < -0.4 is 5.73 Å². The second kappa shape index (κ2) is 3.21. The quantitative estimate of drug-likeness (QED) is 0.805. The van der Waals surface area contributed by atoms with Crippen molar-refractivity contribution < 1.29 is 4.79 Å². The summed E-state index contributed by atoms with van der Waals surface area (Å²) in [5.74, 6) is 0.408. The molecule has 2 N–H and O–H groups in total. The zero-order valence-electron chi connectivity index (χ0n) is 9.15. The number of hydrogen-bond donors (Lipinski definition) is 1. The van der Waals surface area contributed by atoms with Crippen LogP contribution in [-0.4, -0.2) is 5.91 Å². The molecule has 1 fully saturated rings. The first kappa shape index (κ1) is 9.64. The minimum absolute atomic E-state index is 0.150. The van der Waals surface area contributed by atoms with Crippen LogP contribution in [0.5, 0.6) is 0 Å². The van der Waals surface area contributed by atoms with Crippen molar-refractivity contribution in [2.24, 2.45) is 17.1 Å². The summed E-state index contributed by atoms with van der Waals surface area (Å²) >= 11 is 0. The molecule has 0 spiro atoms. The highest BCUT2D eigenvalue weighted by Crippen LogP contribution is 2.57. The van der Waals surface area contributed by atoms with Crippen LogP contribution in [-0.2, 0) is 4.79 Å². The van der Waals surface area contributed by atoms with Gasteiger partial charge in [-0.2, -0.15) is 0 Å². The molecule has 0 aliphatic heterocycles. The van der Waals surface area contributed by atoms with Gasteiger partial charge in [-0.25, -0.2) is 0 Å². The molecular formula is C14H15NO. The summed E-state index contributed by atoms with van der Waals surface area (Å²) in [5, 5.41) is 0. The van der Waals surface area contributed by atoms with Crippen LogP contribution in [0.3, 0.4) is 0 Å². The van der Waals surface area contributed by atoms with E-state index in [0.29, 0.717) is 5.92 Å². The lowest BCUT2D eigenvalue weighted by molar-refractivity contribution is -0.124. The maximum absolute atomic E-state index is 11.7. The molecule has 2 unspecified atom stereocenters. The molecule has 2 heteroatoms. The van der Waals surface area contributed by atoms with Crippen molar-refractivity contribution in [3.05, 3.63) is 42.0 Å². The number of allylic oxidation sites excluding steroid dienone is 1. The van der Waals surface area contributed by atoms with Gasteiger partial charge in [-0.1, -0.05) is 36.4 Å². The molecule has 1 aromatic carbocycles. The van der Waals surface area contributed by atoms with E-state index in [1.54, 1.807) is 0 Å². The van der Waals surface area contributed by atoms with E-state index in [2.05, 4.69) is 18.2 Å². The van der Waals surface area contributed by atoms with Crippen LogP contribution in [0.1, 0.15) is 24.8 Å². The predicted molar refractivity (Wildman–Crippen MR) is 63.4 cm³/mol. The number of rotatable bonds is 2. The van der Waals surface area contributed by atoms with Crippen molar-refractivity contribution in [2.45, 2.75) is 19.3 Å². The summed E-state index contributed by atoms with van der Waals surface area (Å²) in [7, 11) is 0. The molecule has 82 valence electrons. The van der Waals surface area contributed by atoms with Gasteiger partial charge in [0.1, 0.15) is 0 Å². The first-order chi connectivity index (χ1) is 7.72. The minimum atomic E-state index is -0.369. The molecule has 2 aliphatic rings. The Hall–Kier alpha value is -1.57. The molecule has 2 bridgehead atoms. The third kappa shape index (κ3) is 1.16. The number of fused-ring (bicyclic) bond motifs is 2. The van der Waals surface area contributed by atoms with Gasteiger partial charge < -0.3 is 5.73 Å². The highest BCUT2D eigenvalue weighted by atomic mass is 16.1. The maximum Gasteiger partial charge on any atom is 0.228 e. The Labute approximate surface area is 95.2 Å². The van der Waals surface area contributed by atoms with Gasteiger partial charge in [-0.15, -0.1) is 0 Å². The van der Waals surface area contributed by atoms with Gasteiger partial charge in [-0.3, -0.25) is 4.79 Å². The summed E-state index contributed by atoms with van der Waals surface area (Å²) in [5.41, 5.74) is 7.57. The smallest absolute Gasteiger partial charge is 0.228 e. The van der Waals surface area contributed by atoms with Crippen LogP contribution in [0.25, 0.3) is 5.57 Å². The highest BCUT2D eigenvalue weighted by Gasteiger charge is 2.51. The molecular weight excluding hydrogens is 198 g/mol. The monoisotopic (exact) mass is 213 g/mol. The average molecular weight is 213 g/mol. The fourth-order valence-corrected chi connectivity index (χ4v) is 3.21. The van der Waals surface area contributed by atoms with E-state index in [0.717, 1.165) is 30.4 Å². The van der Waals surface area contributed by atoms with E-state index in [1.807, 2.05) is 18.2 Å². The topological polar surface area (TPSA) is 43.1 Å². The standard InChI is InChI=1S/C14H15NO/c15-13(16)14-7-6-10(9-14)8-12(14)11-4-2-1-3-5-11/h1-5,8,10H,6-7,9H2,(H2,15,16). The van der Waals surface area contributed by atoms with Gasteiger partial charge in [0.05, 0.1) is 5.41 Å². The lowest BCUT2D eigenvalue weighted by Gasteiger charge is -2.26. The van der Waals surface area contributed by atoms with Crippen LogP contribution in [0.4, 0.5) is 0 Å². The Balaban J connectivity index is 2.09. The number of amides is 1. The Morgan fingerprint density at radius 1 is 1.31 bits per heavy atom. The lowest BCUT2D eigenvalue weighted by atomic mass is 9.76. The zero-order chi connectivity index (χ0) is 11.2. The van der Waals surface area contributed by atoms with Crippen LogP contribution in [0, 0.1) is 11.3 Å². The van der Waals surface area contributed by atoms with E-state index < -0.39 is 0 Å². The van der Waals surface area contributed by atoms with Gasteiger partial charge in [0.25, 0.3) is 0 Å². The molecule has 0 saturated heterocycles. The summed E-state index contributed by atoms with van der Waals surface area (Å²) in [4.78, 5) is 11.7. The second-order valence-corrected chi connectivity index (χ2v) is 4.90. The van der Waals surface area contributed by atoms with Crippen molar-refractivity contribution in [1.82, 2.24) is 0 Å². The first-order valence-corrected chi connectivity index (χ1v) is 5.80. The number of carbonyl (C=O) groups excluding carboxylic acids is 1. The van der Waals surface area contributed by atoms with Gasteiger partial charge in [-0.05, 0) is 36.3 Å². The van der Waals surface area contributed by atoms with E-state index in [9.17, 15) is 4.79 Å². The minimum Gasteiger partial charge on any atom is -0.369 e. The molecule has 1 saturated carbocycles. The first-order valence-electron chi connectivity index (χ1n) is 5.80. The molecule has 0 aromatic heterocycles. The fourth-order valence-electron chi connectivity index (χ4n) is 3.21. The van der Waals surface area contributed by atoms with Gasteiger partial charge in [0.15, 0.2) is 0 Å². The molecule has 0 radical (unpaired) electrons. The summed E-state index contributed by atoms with van der Waals surface area (Å²) in [6.07, 6.45) is 5.21. The summed E-state index contributed by atoms with van der Waals surface area (Å²) in [6.45, 7) is 0. The number of carbonyl (C=O) groups is 1. The number of benzene rings is 1. The Bertz CT molecular complexity index is 463. The van der Waals surface area contributed by atoms with Crippen LogP contribution in [0.2, 0.25) is 0 Å². The van der Waals surface area contributed by atoms with Gasteiger partial charge in [0.2, 0.25) is 5.91 Å². The van der Waals surface area contributed by atoms with Crippen molar-refractivity contribution in [3.63, 3.8) is 0 Å². The van der Waals surface area contributed by atoms with Crippen molar-refractivity contribution in [3.8, 4) is 0 Å². The average Bonchev–Trinajstić information content (AvgIpc) is 2.89. The predicted octanol–water partition coefficient (Wildman–Crippen LogP) is 2.36. The Kier molecular flexibility index (Phi) is 1.93. The Morgan fingerprint density at radius 2 is 2.06 bits per heavy atom. The maximum atomic E-state index is 11.7. The lowest BCUT2D eigenvalue weighted by Crippen LogP contribution is -2.34. The van der Waals surface area contributed by atoms with Crippen LogP contribution in [0.15, 0.2) is 36.4 Å². The van der Waals surface area contributed by atoms with E-state index in [4.69, 9.17) is 5.73 Å². The summed E-state index contributed by atoms with van der Waals surface area (Å²) < 4.78 is 0. The van der Waals surface area contributed by atoms with Crippen molar-refractivity contribution in [2.75, 3.05) is 0 Å². The normalized spacial score (nSPS) is 31.5. The van der Waals surface area contributed by atoms with E-state index in [1.165, 1.54) is 0 Å². The molecule has 1 amide bonds. The van der Waals surface area contributed by atoms with Crippen molar-refractivity contribution in [1.29, 1.82) is 0 Å². The second-order valence-electron chi connectivity index (χ2n) is 4.90. The number of primary amides is 1. The third-order valence-corrected chi connectivity index (χ3v) is 4.03. The largest absolute Gasteiger partial charge is 0.369 e. The molecule has 2 atom stereocenters.